The molecule has 0 unspecified atom stereocenters. The number of amides is 1. The highest BCUT2D eigenvalue weighted by Gasteiger charge is 2.14. The lowest BCUT2D eigenvalue weighted by Gasteiger charge is -2.05. The van der Waals surface area contributed by atoms with Gasteiger partial charge in [-0.15, -0.1) is 0 Å². The van der Waals surface area contributed by atoms with Gasteiger partial charge in [-0.05, 0) is 26.0 Å². The van der Waals surface area contributed by atoms with E-state index in [0.717, 1.165) is 11.3 Å². The molecule has 0 atom stereocenters. The average molecular weight is 301 g/mol. The number of nitrogens with one attached hydrogen (secondary N) is 1. The molecule has 114 valence electrons. The van der Waals surface area contributed by atoms with Crippen LogP contribution in [0.4, 0.5) is 0 Å². The smallest absolute Gasteiger partial charge is 0.408 e. The molecule has 1 aromatic carbocycles. The van der Waals surface area contributed by atoms with Crippen LogP contribution in [0.25, 0.3) is 11.1 Å². The lowest BCUT2D eigenvalue weighted by Crippen LogP contribution is -2.30. The first-order valence-corrected chi connectivity index (χ1v) is 6.83. The van der Waals surface area contributed by atoms with Crippen LogP contribution in [0.15, 0.2) is 38.0 Å². The number of rotatable bonds is 4. The maximum Gasteiger partial charge on any atom is 0.420 e. The topological polar surface area (TPSA) is 90.3 Å². The second-order valence-electron chi connectivity index (χ2n) is 5.00. The van der Waals surface area contributed by atoms with Gasteiger partial charge < -0.3 is 14.3 Å². The largest absolute Gasteiger partial charge is 0.420 e. The summed E-state index contributed by atoms with van der Waals surface area (Å²) in [6.07, 6.45) is 0. The van der Waals surface area contributed by atoms with Gasteiger partial charge in [-0.3, -0.25) is 9.36 Å². The van der Waals surface area contributed by atoms with Gasteiger partial charge in [0.05, 0.1) is 11.2 Å². The molecule has 0 saturated carbocycles. The van der Waals surface area contributed by atoms with Crippen LogP contribution < -0.4 is 11.1 Å². The summed E-state index contributed by atoms with van der Waals surface area (Å²) in [6.45, 7) is 3.81. The van der Waals surface area contributed by atoms with Gasteiger partial charge in [-0.25, -0.2) is 4.79 Å². The molecule has 0 bridgehead atoms. The molecule has 3 rings (SSSR count). The summed E-state index contributed by atoms with van der Waals surface area (Å²) in [7, 11) is 0. The van der Waals surface area contributed by atoms with Gasteiger partial charge in [-0.1, -0.05) is 17.3 Å². The fourth-order valence-corrected chi connectivity index (χ4v) is 2.30. The van der Waals surface area contributed by atoms with Gasteiger partial charge in [0.25, 0.3) is 0 Å². The van der Waals surface area contributed by atoms with Crippen molar-refractivity contribution in [3.8, 4) is 0 Å². The molecule has 0 aliphatic rings. The summed E-state index contributed by atoms with van der Waals surface area (Å²) in [5.74, 6) is -0.161. The zero-order valence-corrected chi connectivity index (χ0v) is 12.3. The number of para-hydroxylation sites is 2. The molecule has 22 heavy (non-hydrogen) atoms. The van der Waals surface area contributed by atoms with Crippen LogP contribution in [0.3, 0.4) is 0 Å². The van der Waals surface area contributed by atoms with E-state index in [1.54, 1.807) is 31.2 Å². The number of nitrogens with zero attached hydrogens (tertiary/aromatic N) is 2. The Labute approximate surface area is 125 Å². The predicted molar refractivity (Wildman–Crippen MR) is 78.3 cm³/mol. The van der Waals surface area contributed by atoms with Crippen LogP contribution in [0, 0.1) is 13.8 Å². The number of aryl methyl sites for hydroxylation is 2. The third kappa shape index (κ3) is 2.52. The Morgan fingerprint density at radius 2 is 2.09 bits per heavy atom. The van der Waals surface area contributed by atoms with Crippen LogP contribution in [-0.2, 0) is 17.9 Å². The van der Waals surface area contributed by atoms with Gasteiger partial charge in [0.1, 0.15) is 12.3 Å². The Morgan fingerprint density at radius 1 is 1.32 bits per heavy atom. The maximum atomic E-state index is 12.1. The second-order valence-corrected chi connectivity index (χ2v) is 5.00. The number of carbonyl (C=O) groups excluding carboxylic acids is 1. The minimum atomic E-state index is -0.548. The summed E-state index contributed by atoms with van der Waals surface area (Å²) >= 11 is 0. The quantitative estimate of drug-likeness (QED) is 0.789. The summed E-state index contributed by atoms with van der Waals surface area (Å²) in [4.78, 5) is 23.9. The second kappa shape index (κ2) is 5.51. The summed E-state index contributed by atoms with van der Waals surface area (Å²) in [6, 6.07) is 6.99. The molecular weight excluding hydrogens is 286 g/mol. The van der Waals surface area contributed by atoms with Crippen molar-refractivity contribution in [2.75, 3.05) is 0 Å². The highest BCUT2D eigenvalue weighted by atomic mass is 16.5. The molecule has 0 aliphatic carbocycles. The summed E-state index contributed by atoms with van der Waals surface area (Å²) in [5.41, 5.74) is 2.65. The van der Waals surface area contributed by atoms with Crippen molar-refractivity contribution in [3.63, 3.8) is 0 Å². The Hall–Kier alpha value is -2.83. The van der Waals surface area contributed by atoms with E-state index >= 15 is 0 Å². The number of fused-ring (bicyclic) bond motifs is 1. The predicted octanol–water partition coefficient (Wildman–Crippen LogP) is 1.52. The summed E-state index contributed by atoms with van der Waals surface area (Å²) < 4.78 is 11.4. The van der Waals surface area contributed by atoms with E-state index in [4.69, 9.17) is 8.94 Å². The SMILES string of the molecule is Cc1noc(C)c1CNC(=O)Cn1c(=O)oc2ccccc21. The minimum Gasteiger partial charge on any atom is -0.408 e. The standard InChI is InChI=1S/C15H15N3O4/c1-9-11(10(2)22-17-9)7-16-14(19)8-18-12-5-3-4-6-13(12)21-15(18)20/h3-6H,7-8H2,1-2H3,(H,16,19). The first-order valence-electron chi connectivity index (χ1n) is 6.83. The van der Waals surface area contributed by atoms with Gasteiger partial charge in [0.2, 0.25) is 5.91 Å². The van der Waals surface area contributed by atoms with E-state index in [9.17, 15) is 9.59 Å². The molecular formula is C15H15N3O4. The Kier molecular flexibility index (Phi) is 3.54. The van der Waals surface area contributed by atoms with Gasteiger partial charge in [-0.2, -0.15) is 0 Å². The minimum absolute atomic E-state index is 0.0980. The highest BCUT2D eigenvalue weighted by Crippen LogP contribution is 2.13. The Morgan fingerprint density at radius 3 is 2.82 bits per heavy atom. The third-order valence-corrected chi connectivity index (χ3v) is 3.52. The zero-order chi connectivity index (χ0) is 15.7. The van der Waals surface area contributed by atoms with Gasteiger partial charge in [0.15, 0.2) is 5.58 Å². The first kappa shape index (κ1) is 14.1. The van der Waals surface area contributed by atoms with E-state index in [1.165, 1.54) is 4.57 Å². The van der Waals surface area contributed by atoms with Gasteiger partial charge in [0, 0.05) is 12.1 Å². The van der Waals surface area contributed by atoms with E-state index in [-0.39, 0.29) is 12.5 Å². The molecule has 7 nitrogen and oxygen atoms in total. The normalized spacial score (nSPS) is 11.0. The number of hydrogen-bond acceptors (Lipinski definition) is 5. The lowest BCUT2D eigenvalue weighted by atomic mass is 10.2. The average Bonchev–Trinajstić information content (AvgIpc) is 2.98. The fourth-order valence-electron chi connectivity index (χ4n) is 2.30. The van der Waals surface area contributed by atoms with Crippen LogP contribution in [-0.4, -0.2) is 15.6 Å². The Bertz CT molecular complexity index is 868. The van der Waals surface area contributed by atoms with Crippen molar-refractivity contribution >= 4 is 17.0 Å². The molecule has 2 aromatic heterocycles. The monoisotopic (exact) mass is 301 g/mol. The van der Waals surface area contributed by atoms with E-state index in [1.807, 2.05) is 6.92 Å². The van der Waals surface area contributed by atoms with Crippen LogP contribution in [0.5, 0.6) is 0 Å². The number of hydrogen-bond donors (Lipinski definition) is 1. The number of carbonyl (C=O) groups is 1. The van der Waals surface area contributed by atoms with E-state index in [0.29, 0.717) is 23.4 Å². The molecule has 3 aromatic rings. The van der Waals surface area contributed by atoms with Crippen molar-refractivity contribution in [1.82, 2.24) is 15.0 Å². The van der Waals surface area contributed by atoms with Crippen molar-refractivity contribution < 1.29 is 13.7 Å². The molecule has 7 heteroatoms. The van der Waals surface area contributed by atoms with Gasteiger partial charge >= 0.3 is 5.76 Å². The molecule has 0 saturated heterocycles. The third-order valence-electron chi connectivity index (χ3n) is 3.52. The van der Waals surface area contributed by atoms with E-state index < -0.39 is 5.76 Å². The number of oxazole rings is 1. The van der Waals surface area contributed by atoms with Crippen molar-refractivity contribution in [1.29, 1.82) is 0 Å². The number of aromatic nitrogens is 2. The molecule has 2 heterocycles. The Balaban J connectivity index is 1.74. The highest BCUT2D eigenvalue weighted by molar-refractivity contribution is 5.79. The molecule has 1 N–H and O–H groups in total. The van der Waals surface area contributed by atoms with Crippen molar-refractivity contribution in [2.24, 2.45) is 0 Å². The van der Waals surface area contributed by atoms with Crippen molar-refractivity contribution in [3.05, 3.63) is 51.8 Å². The number of benzene rings is 1. The van der Waals surface area contributed by atoms with Crippen LogP contribution in [0.1, 0.15) is 17.0 Å². The molecule has 0 spiro atoms. The first-order chi connectivity index (χ1) is 10.6. The summed E-state index contributed by atoms with van der Waals surface area (Å²) in [5, 5.41) is 6.58. The zero-order valence-electron chi connectivity index (χ0n) is 12.3. The maximum absolute atomic E-state index is 12.1. The molecule has 0 radical (unpaired) electrons. The molecule has 0 aliphatic heterocycles. The fraction of sp³-hybridized carbons (Fsp3) is 0.267. The van der Waals surface area contributed by atoms with Crippen molar-refractivity contribution in [2.45, 2.75) is 26.9 Å². The van der Waals surface area contributed by atoms with E-state index in [2.05, 4.69) is 10.5 Å². The molecule has 0 fully saturated rings. The molecule has 1 amide bonds. The lowest BCUT2D eigenvalue weighted by molar-refractivity contribution is -0.121. The van der Waals surface area contributed by atoms with Crippen LogP contribution in [0.2, 0.25) is 0 Å². The van der Waals surface area contributed by atoms with Crippen LogP contribution >= 0.6 is 0 Å².